The molecule has 0 bridgehead atoms. The summed E-state index contributed by atoms with van der Waals surface area (Å²) in [5.74, 6) is -0.582. The number of hydrogen-bond donors (Lipinski definition) is 0. The van der Waals surface area contributed by atoms with E-state index in [1.165, 1.54) is 6.20 Å². The molecule has 0 spiro atoms. The van der Waals surface area contributed by atoms with E-state index in [0.29, 0.717) is 18.4 Å². The number of nitrogens with zero attached hydrogens (tertiary/aromatic N) is 4. The fourth-order valence-corrected chi connectivity index (χ4v) is 4.21. The molecule has 4 rings (SSSR count). The first-order valence-electron chi connectivity index (χ1n) is 9.40. The largest absolute Gasteiger partial charge is 0.471 e. The smallest absolute Gasteiger partial charge is 0.320 e. The molecule has 2 aliphatic rings. The van der Waals surface area contributed by atoms with Crippen molar-refractivity contribution in [2.45, 2.75) is 57.3 Å². The van der Waals surface area contributed by atoms with Gasteiger partial charge in [-0.2, -0.15) is 9.97 Å². The summed E-state index contributed by atoms with van der Waals surface area (Å²) in [6.45, 7) is 7.10. The van der Waals surface area contributed by atoms with Crippen LogP contribution in [0.25, 0.3) is 10.9 Å². The highest BCUT2D eigenvalue weighted by atomic mass is 35.5. The van der Waals surface area contributed by atoms with Crippen LogP contribution in [0, 0.1) is 5.82 Å². The molecule has 2 aromatic rings. The van der Waals surface area contributed by atoms with Crippen LogP contribution in [0.5, 0.6) is 11.9 Å². The lowest BCUT2D eigenvalue weighted by Gasteiger charge is -2.30. The minimum absolute atomic E-state index is 0.0141. The van der Waals surface area contributed by atoms with E-state index in [9.17, 15) is 8.78 Å². The van der Waals surface area contributed by atoms with Crippen molar-refractivity contribution < 1.29 is 18.3 Å². The average Bonchev–Trinajstić information content (AvgIpc) is 3.11. The molecular formula is C19H23ClF2N4O2. The molecule has 2 aromatic heterocycles. The summed E-state index contributed by atoms with van der Waals surface area (Å²) in [5.41, 5.74) is -0.931. The SMILES string of the molecule is CC(C)(C)Oc1nc(OC[C@@]23CCCN2CC(F)C3)nc2c(F)c(Cl)ncc12. The third kappa shape index (κ3) is 3.59. The van der Waals surface area contributed by atoms with Gasteiger partial charge < -0.3 is 9.47 Å². The van der Waals surface area contributed by atoms with Crippen molar-refractivity contribution in [2.24, 2.45) is 0 Å². The van der Waals surface area contributed by atoms with Crippen LogP contribution in [0.4, 0.5) is 8.78 Å². The van der Waals surface area contributed by atoms with E-state index in [2.05, 4.69) is 19.9 Å². The van der Waals surface area contributed by atoms with E-state index in [-0.39, 0.29) is 34.7 Å². The van der Waals surface area contributed by atoms with Crippen molar-refractivity contribution in [3.63, 3.8) is 0 Å². The van der Waals surface area contributed by atoms with Gasteiger partial charge in [-0.3, -0.25) is 4.90 Å². The molecule has 0 saturated carbocycles. The first kappa shape index (κ1) is 19.5. The third-order valence-electron chi connectivity index (χ3n) is 5.22. The molecule has 2 fully saturated rings. The Balaban J connectivity index is 1.68. The lowest BCUT2D eigenvalue weighted by molar-refractivity contribution is 0.102. The highest BCUT2D eigenvalue weighted by Crippen LogP contribution is 2.40. The monoisotopic (exact) mass is 412 g/mol. The summed E-state index contributed by atoms with van der Waals surface area (Å²) < 4.78 is 40.2. The van der Waals surface area contributed by atoms with Gasteiger partial charge in [0.15, 0.2) is 11.0 Å². The molecule has 0 aromatic carbocycles. The van der Waals surface area contributed by atoms with E-state index >= 15 is 0 Å². The van der Waals surface area contributed by atoms with E-state index in [1.54, 1.807) is 0 Å². The number of rotatable bonds is 4. The molecule has 0 aliphatic carbocycles. The molecule has 6 nitrogen and oxygen atoms in total. The maximum absolute atomic E-state index is 14.5. The topological polar surface area (TPSA) is 60.4 Å². The Labute approximate surface area is 167 Å². The number of ether oxygens (including phenoxy) is 2. The van der Waals surface area contributed by atoms with E-state index in [4.69, 9.17) is 21.1 Å². The van der Waals surface area contributed by atoms with Gasteiger partial charge in [-0.25, -0.2) is 13.8 Å². The van der Waals surface area contributed by atoms with E-state index in [0.717, 1.165) is 19.4 Å². The van der Waals surface area contributed by atoms with Gasteiger partial charge in [0.05, 0.1) is 10.9 Å². The van der Waals surface area contributed by atoms with Crippen molar-refractivity contribution in [3.8, 4) is 11.9 Å². The first-order chi connectivity index (χ1) is 13.2. The number of halogens is 3. The Morgan fingerprint density at radius 1 is 1.36 bits per heavy atom. The predicted molar refractivity (Wildman–Crippen MR) is 101 cm³/mol. The zero-order valence-corrected chi connectivity index (χ0v) is 16.9. The summed E-state index contributed by atoms with van der Waals surface area (Å²) in [7, 11) is 0. The molecule has 28 heavy (non-hydrogen) atoms. The fourth-order valence-electron chi connectivity index (χ4n) is 4.07. The second-order valence-electron chi connectivity index (χ2n) is 8.52. The van der Waals surface area contributed by atoms with Crippen LogP contribution in [-0.2, 0) is 0 Å². The van der Waals surface area contributed by atoms with Gasteiger partial charge in [-0.15, -0.1) is 0 Å². The first-order valence-corrected chi connectivity index (χ1v) is 9.77. The van der Waals surface area contributed by atoms with Gasteiger partial charge in [-0.1, -0.05) is 11.6 Å². The average molecular weight is 413 g/mol. The summed E-state index contributed by atoms with van der Waals surface area (Å²) in [6, 6.07) is -0.0172. The van der Waals surface area contributed by atoms with E-state index in [1.807, 2.05) is 20.8 Å². The van der Waals surface area contributed by atoms with Crippen LogP contribution in [-0.4, -0.2) is 56.9 Å². The van der Waals surface area contributed by atoms with Gasteiger partial charge in [0.25, 0.3) is 0 Å². The number of aromatic nitrogens is 3. The van der Waals surface area contributed by atoms with Crippen LogP contribution < -0.4 is 9.47 Å². The van der Waals surface area contributed by atoms with Crippen molar-refractivity contribution in [3.05, 3.63) is 17.2 Å². The van der Waals surface area contributed by atoms with Crippen LogP contribution in [0.2, 0.25) is 5.15 Å². The molecule has 2 aliphatic heterocycles. The van der Waals surface area contributed by atoms with Gasteiger partial charge in [0.1, 0.15) is 23.9 Å². The Kier molecular flexibility index (Phi) is 4.82. The minimum atomic E-state index is -0.858. The fraction of sp³-hybridized carbons (Fsp3) is 0.632. The summed E-state index contributed by atoms with van der Waals surface area (Å²) in [6.07, 6.45) is 2.81. The highest BCUT2D eigenvalue weighted by molar-refractivity contribution is 6.30. The lowest BCUT2D eigenvalue weighted by atomic mass is 9.95. The molecule has 2 saturated heterocycles. The highest BCUT2D eigenvalue weighted by Gasteiger charge is 2.49. The van der Waals surface area contributed by atoms with Crippen molar-refractivity contribution in [2.75, 3.05) is 19.7 Å². The maximum atomic E-state index is 14.5. The van der Waals surface area contributed by atoms with Crippen molar-refractivity contribution in [1.29, 1.82) is 0 Å². The Bertz CT molecular complexity index is 908. The Hall–Kier alpha value is -1.80. The lowest BCUT2D eigenvalue weighted by Crippen LogP contribution is -2.43. The second kappa shape index (κ2) is 6.91. The van der Waals surface area contributed by atoms with Gasteiger partial charge >= 0.3 is 6.01 Å². The molecule has 152 valence electrons. The number of hydrogen-bond acceptors (Lipinski definition) is 6. The van der Waals surface area contributed by atoms with Crippen LogP contribution >= 0.6 is 11.6 Å². The van der Waals surface area contributed by atoms with E-state index < -0.39 is 17.6 Å². The van der Waals surface area contributed by atoms with Crippen LogP contribution in [0.15, 0.2) is 6.20 Å². The molecule has 0 radical (unpaired) electrons. The summed E-state index contributed by atoms with van der Waals surface area (Å²) >= 11 is 5.82. The second-order valence-corrected chi connectivity index (χ2v) is 8.87. The molecule has 0 N–H and O–H groups in total. The minimum Gasteiger partial charge on any atom is -0.471 e. The normalized spacial score (nSPS) is 25.3. The molecular weight excluding hydrogens is 390 g/mol. The summed E-state index contributed by atoms with van der Waals surface area (Å²) in [4.78, 5) is 14.5. The van der Waals surface area contributed by atoms with Gasteiger partial charge in [0, 0.05) is 19.2 Å². The number of fused-ring (bicyclic) bond motifs is 2. The standard InChI is InChI=1S/C19H23ClF2N4O2/c1-18(2,3)28-16-12-8-23-15(20)13(22)14(12)24-17(25-16)27-10-19-5-4-6-26(19)9-11(21)7-19/h8,11H,4-7,9-10H2,1-3H3/t11?,19-/m0/s1. The molecule has 4 heterocycles. The number of pyridine rings is 1. The quantitative estimate of drug-likeness (QED) is 0.709. The Morgan fingerprint density at radius 2 is 2.14 bits per heavy atom. The molecule has 0 amide bonds. The molecule has 1 unspecified atom stereocenters. The number of alkyl halides is 1. The molecule has 2 atom stereocenters. The molecule has 9 heteroatoms. The van der Waals surface area contributed by atoms with Gasteiger partial charge in [0.2, 0.25) is 5.88 Å². The predicted octanol–water partition coefficient (Wildman–Crippen LogP) is 3.95. The van der Waals surface area contributed by atoms with Crippen LogP contribution in [0.3, 0.4) is 0 Å². The van der Waals surface area contributed by atoms with Crippen molar-refractivity contribution >= 4 is 22.5 Å². The van der Waals surface area contributed by atoms with Gasteiger partial charge in [-0.05, 0) is 40.2 Å². The maximum Gasteiger partial charge on any atom is 0.320 e. The van der Waals surface area contributed by atoms with Crippen LogP contribution in [0.1, 0.15) is 40.0 Å². The zero-order chi connectivity index (χ0) is 20.1. The third-order valence-corrected chi connectivity index (χ3v) is 5.48. The van der Waals surface area contributed by atoms with Crippen molar-refractivity contribution in [1.82, 2.24) is 19.9 Å². The summed E-state index contributed by atoms with van der Waals surface area (Å²) in [5, 5.41) is 0.0324. The zero-order valence-electron chi connectivity index (χ0n) is 16.1. The Morgan fingerprint density at radius 3 is 2.89 bits per heavy atom.